The number of anilines is 1. The Balaban J connectivity index is 1.85. The van der Waals surface area contributed by atoms with Crippen molar-refractivity contribution in [3.8, 4) is 0 Å². The first-order chi connectivity index (χ1) is 9.58. The first-order valence-corrected chi connectivity index (χ1v) is 6.62. The molecule has 2 unspecified atom stereocenters. The molecule has 2 aliphatic heterocycles. The van der Waals surface area contributed by atoms with E-state index in [1.54, 1.807) is 0 Å². The lowest BCUT2D eigenvalue weighted by Crippen LogP contribution is -2.43. The van der Waals surface area contributed by atoms with Crippen LogP contribution in [0.25, 0.3) is 0 Å². The average molecular weight is 276 g/mol. The van der Waals surface area contributed by atoms with Crippen LogP contribution in [0.1, 0.15) is 17.9 Å². The summed E-state index contributed by atoms with van der Waals surface area (Å²) in [5.74, 6) is -1.67. The maximum Gasteiger partial charge on any atom is 0.326 e. The van der Waals surface area contributed by atoms with Gasteiger partial charge in [0.2, 0.25) is 5.91 Å². The topological polar surface area (TPSA) is 89.9 Å². The van der Waals surface area contributed by atoms with Crippen LogP contribution in [0.3, 0.4) is 0 Å². The number of fused-ring (bicyclic) bond motifs is 1. The Morgan fingerprint density at radius 2 is 2.05 bits per heavy atom. The molecule has 1 saturated heterocycles. The first kappa shape index (κ1) is 12.9. The summed E-state index contributed by atoms with van der Waals surface area (Å²) in [6.07, 6.45) is -0.660. The summed E-state index contributed by atoms with van der Waals surface area (Å²) in [5.41, 5.74) is 1.81. The fourth-order valence-corrected chi connectivity index (χ4v) is 3.00. The molecule has 20 heavy (non-hydrogen) atoms. The third-order valence-electron chi connectivity index (χ3n) is 3.98. The molecule has 3 N–H and O–H groups in total. The Kier molecular flexibility index (Phi) is 3.10. The molecule has 3 rings (SSSR count). The molecule has 0 aliphatic carbocycles. The van der Waals surface area contributed by atoms with Gasteiger partial charge in [-0.05, 0) is 11.6 Å². The molecule has 1 aromatic rings. The van der Waals surface area contributed by atoms with Gasteiger partial charge in [0.05, 0.1) is 12.0 Å². The summed E-state index contributed by atoms with van der Waals surface area (Å²) in [7, 11) is 0. The molecule has 6 nitrogen and oxygen atoms in total. The largest absolute Gasteiger partial charge is 0.480 e. The number of nitrogens with one attached hydrogen (secondary N) is 1. The van der Waals surface area contributed by atoms with Gasteiger partial charge in [-0.25, -0.2) is 4.79 Å². The number of rotatable bonds is 2. The van der Waals surface area contributed by atoms with E-state index in [2.05, 4.69) is 5.32 Å². The van der Waals surface area contributed by atoms with Crippen molar-refractivity contribution in [2.45, 2.75) is 24.5 Å². The van der Waals surface area contributed by atoms with Crippen molar-refractivity contribution < 1.29 is 19.8 Å². The number of aliphatic hydroxyl groups excluding tert-OH is 1. The van der Waals surface area contributed by atoms with Crippen LogP contribution in [0.15, 0.2) is 24.3 Å². The second-order valence-corrected chi connectivity index (χ2v) is 5.25. The third-order valence-corrected chi connectivity index (χ3v) is 3.98. The number of aliphatic carboxylic acids is 1. The van der Waals surface area contributed by atoms with E-state index in [1.807, 2.05) is 24.3 Å². The van der Waals surface area contributed by atoms with E-state index in [0.29, 0.717) is 6.54 Å². The Morgan fingerprint density at radius 1 is 1.30 bits per heavy atom. The second-order valence-electron chi connectivity index (χ2n) is 5.25. The molecule has 2 heterocycles. The van der Waals surface area contributed by atoms with Crippen LogP contribution in [0.2, 0.25) is 0 Å². The smallest absolute Gasteiger partial charge is 0.326 e. The predicted molar refractivity (Wildman–Crippen MR) is 71.4 cm³/mol. The van der Waals surface area contributed by atoms with Crippen LogP contribution in [-0.4, -0.2) is 52.2 Å². The van der Waals surface area contributed by atoms with Crippen LogP contribution in [-0.2, 0) is 9.59 Å². The van der Waals surface area contributed by atoms with E-state index in [9.17, 15) is 14.7 Å². The number of benzene rings is 1. The number of β-amino-alcohol motifs (C(OH)–C–C–N with tert-alkyl or cyclic N) is 1. The van der Waals surface area contributed by atoms with Gasteiger partial charge >= 0.3 is 5.97 Å². The zero-order valence-electron chi connectivity index (χ0n) is 10.8. The maximum absolute atomic E-state index is 12.6. The summed E-state index contributed by atoms with van der Waals surface area (Å²) in [5, 5.41) is 22.0. The Labute approximate surface area is 116 Å². The zero-order valence-corrected chi connectivity index (χ0v) is 10.8. The minimum atomic E-state index is -1.06. The summed E-state index contributed by atoms with van der Waals surface area (Å²) in [6.45, 7) is 0.561. The number of para-hydroxylation sites is 1. The van der Waals surface area contributed by atoms with Crippen LogP contribution in [0.4, 0.5) is 5.69 Å². The lowest BCUT2D eigenvalue weighted by Gasteiger charge is -2.24. The maximum atomic E-state index is 12.6. The number of hydrogen-bond acceptors (Lipinski definition) is 4. The SMILES string of the molecule is O=C(O)[C@@H]1CC(O)CN1C(=O)C1CNc2ccccc21. The van der Waals surface area contributed by atoms with Crippen LogP contribution in [0.5, 0.6) is 0 Å². The van der Waals surface area contributed by atoms with Gasteiger partial charge in [-0.3, -0.25) is 4.79 Å². The van der Waals surface area contributed by atoms with Gasteiger partial charge in [-0.15, -0.1) is 0 Å². The molecule has 106 valence electrons. The fourth-order valence-electron chi connectivity index (χ4n) is 3.00. The number of carboxylic acids is 1. The molecule has 0 radical (unpaired) electrons. The highest BCUT2D eigenvalue weighted by Crippen LogP contribution is 2.34. The van der Waals surface area contributed by atoms with Crippen molar-refractivity contribution in [2.24, 2.45) is 0 Å². The van der Waals surface area contributed by atoms with Crippen LogP contribution < -0.4 is 5.32 Å². The van der Waals surface area contributed by atoms with Gasteiger partial charge < -0.3 is 20.4 Å². The van der Waals surface area contributed by atoms with Gasteiger partial charge in [0.1, 0.15) is 6.04 Å². The van der Waals surface area contributed by atoms with E-state index < -0.39 is 18.1 Å². The number of aliphatic hydroxyl groups is 1. The molecule has 0 spiro atoms. The van der Waals surface area contributed by atoms with E-state index >= 15 is 0 Å². The molecular formula is C14H16N2O4. The van der Waals surface area contributed by atoms with Crippen molar-refractivity contribution in [1.82, 2.24) is 4.90 Å². The normalized spacial score (nSPS) is 28.1. The zero-order chi connectivity index (χ0) is 14.3. The van der Waals surface area contributed by atoms with Gasteiger partial charge in [0.15, 0.2) is 0 Å². The highest BCUT2D eigenvalue weighted by atomic mass is 16.4. The molecule has 0 bridgehead atoms. The van der Waals surface area contributed by atoms with Crippen molar-refractivity contribution in [1.29, 1.82) is 0 Å². The summed E-state index contributed by atoms with van der Waals surface area (Å²) in [6, 6.07) is 6.60. The standard InChI is InChI=1S/C14H16N2O4/c17-8-5-12(14(19)20)16(7-8)13(18)10-6-15-11-4-2-1-3-9(10)11/h1-4,8,10,12,15,17H,5-7H2,(H,19,20)/t8?,10?,12-/m0/s1. The van der Waals surface area contributed by atoms with Crippen molar-refractivity contribution in [2.75, 3.05) is 18.4 Å². The quantitative estimate of drug-likeness (QED) is 0.720. The highest BCUT2D eigenvalue weighted by Gasteiger charge is 2.42. The molecule has 1 aromatic carbocycles. The number of carbonyl (C=O) groups excluding carboxylic acids is 1. The van der Waals surface area contributed by atoms with E-state index in [4.69, 9.17) is 5.11 Å². The predicted octanol–water partition coefficient (Wildman–Crippen LogP) is 0.242. The number of likely N-dealkylation sites (tertiary alicyclic amines) is 1. The fraction of sp³-hybridized carbons (Fsp3) is 0.429. The van der Waals surface area contributed by atoms with E-state index in [0.717, 1.165) is 11.3 Å². The summed E-state index contributed by atoms with van der Waals surface area (Å²) >= 11 is 0. The van der Waals surface area contributed by atoms with Gasteiger partial charge in [-0.2, -0.15) is 0 Å². The van der Waals surface area contributed by atoms with Crippen LogP contribution in [0, 0.1) is 0 Å². The minimum Gasteiger partial charge on any atom is -0.480 e. The third kappa shape index (κ3) is 2.02. The molecule has 2 aliphatic rings. The molecule has 6 heteroatoms. The second kappa shape index (κ2) is 4.79. The van der Waals surface area contributed by atoms with Crippen LogP contribution >= 0.6 is 0 Å². The lowest BCUT2D eigenvalue weighted by atomic mass is 9.99. The molecule has 0 aromatic heterocycles. The summed E-state index contributed by atoms with van der Waals surface area (Å²) in [4.78, 5) is 25.1. The summed E-state index contributed by atoms with van der Waals surface area (Å²) < 4.78 is 0. The Morgan fingerprint density at radius 3 is 2.80 bits per heavy atom. The van der Waals surface area contributed by atoms with Gasteiger partial charge in [0, 0.05) is 25.2 Å². The van der Waals surface area contributed by atoms with Gasteiger partial charge in [0.25, 0.3) is 0 Å². The molecule has 0 saturated carbocycles. The van der Waals surface area contributed by atoms with E-state index in [-0.39, 0.29) is 24.8 Å². The minimum absolute atomic E-state index is 0.0917. The Bertz CT molecular complexity index is 560. The average Bonchev–Trinajstić information content (AvgIpc) is 3.01. The lowest BCUT2D eigenvalue weighted by molar-refractivity contribution is -0.148. The van der Waals surface area contributed by atoms with Gasteiger partial charge in [-0.1, -0.05) is 18.2 Å². The van der Waals surface area contributed by atoms with Crippen molar-refractivity contribution in [3.05, 3.63) is 29.8 Å². The van der Waals surface area contributed by atoms with Crippen molar-refractivity contribution >= 4 is 17.6 Å². The molecule has 1 amide bonds. The molecule has 1 fully saturated rings. The number of nitrogens with zero attached hydrogens (tertiary/aromatic N) is 1. The molecule has 3 atom stereocenters. The number of carbonyl (C=O) groups is 2. The number of hydrogen-bond donors (Lipinski definition) is 3. The number of amides is 1. The van der Waals surface area contributed by atoms with Crippen molar-refractivity contribution in [3.63, 3.8) is 0 Å². The number of carboxylic acid groups (broad SMARTS) is 1. The molecular weight excluding hydrogens is 260 g/mol. The Hall–Kier alpha value is -2.08. The first-order valence-electron chi connectivity index (χ1n) is 6.62. The highest BCUT2D eigenvalue weighted by molar-refractivity contribution is 5.91. The monoisotopic (exact) mass is 276 g/mol. The van der Waals surface area contributed by atoms with E-state index in [1.165, 1.54) is 4.90 Å².